The van der Waals surface area contributed by atoms with Crippen molar-refractivity contribution in [1.29, 1.82) is 0 Å². The number of benzene rings is 1. The number of ether oxygens (including phenoxy) is 2. The summed E-state index contributed by atoms with van der Waals surface area (Å²) in [7, 11) is 0. The van der Waals surface area contributed by atoms with Crippen molar-refractivity contribution in [2.24, 2.45) is 4.99 Å². The molecule has 0 bridgehead atoms. The van der Waals surface area contributed by atoms with Gasteiger partial charge in [0.2, 0.25) is 0 Å². The van der Waals surface area contributed by atoms with Crippen LogP contribution in [0.3, 0.4) is 0 Å². The molecule has 0 radical (unpaired) electrons. The first kappa shape index (κ1) is 34.0. The van der Waals surface area contributed by atoms with E-state index in [0.717, 1.165) is 28.1 Å². The number of hydrogen-bond acceptors (Lipinski definition) is 9. The minimum Gasteiger partial charge on any atom is -0.478 e. The molecule has 46 heavy (non-hydrogen) atoms. The summed E-state index contributed by atoms with van der Waals surface area (Å²) in [5.74, 6) is -1.30. The molecule has 1 aliphatic rings. The van der Waals surface area contributed by atoms with Crippen molar-refractivity contribution in [2.45, 2.75) is 72.6 Å². The van der Waals surface area contributed by atoms with Crippen LogP contribution in [0.2, 0.25) is 5.02 Å². The number of rotatable bonds is 8. The van der Waals surface area contributed by atoms with Crippen LogP contribution in [0.4, 0.5) is 0 Å². The third kappa shape index (κ3) is 7.84. The molecule has 2 atom stereocenters. The molecule has 0 spiro atoms. The van der Waals surface area contributed by atoms with Gasteiger partial charge in [0.15, 0.2) is 6.10 Å². The zero-order valence-electron chi connectivity index (χ0n) is 26.5. The van der Waals surface area contributed by atoms with Crippen molar-refractivity contribution in [3.63, 3.8) is 0 Å². The van der Waals surface area contributed by atoms with E-state index in [0.29, 0.717) is 28.7 Å². The van der Waals surface area contributed by atoms with Crippen molar-refractivity contribution in [1.82, 2.24) is 19.5 Å². The molecule has 5 rings (SSSR count). The Balaban J connectivity index is 0.000000459. The molecule has 4 heterocycles. The molecule has 3 aromatic heterocycles. The van der Waals surface area contributed by atoms with Crippen LogP contribution in [0.5, 0.6) is 0 Å². The average molecular weight is 646 g/mol. The molecule has 0 saturated heterocycles. The summed E-state index contributed by atoms with van der Waals surface area (Å²) in [5, 5.41) is 9.02. The summed E-state index contributed by atoms with van der Waals surface area (Å²) in [4.78, 5) is 52.9. The molecular formula is C34H36ClN5O6. The Morgan fingerprint density at radius 3 is 2.37 bits per heavy atom. The number of aryl methyl sites for hydroxylation is 2. The molecule has 0 aliphatic carbocycles. The fraction of sp³-hybridized carbons (Fsp3) is 0.324. The van der Waals surface area contributed by atoms with Gasteiger partial charge in [-0.05, 0) is 89.4 Å². The summed E-state index contributed by atoms with van der Waals surface area (Å²) in [6.07, 6.45) is 5.47. The van der Waals surface area contributed by atoms with E-state index in [1.165, 1.54) is 25.4 Å². The summed E-state index contributed by atoms with van der Waals surface area (Å²) in [5.41, 5.74) is 6.19. The predicted octanol–water partition coefficient (Wildman–Crippen LogP) is 6.18. The van der Waals surface area contributed by atoms with Crippen LogP contribution in [0.15, 0.2) is 66.2 Å². The largest absolute Gasteiger partial charge is 0.478 e. The van der Waals surface area contributed by atoms with Gasteiger partial charge in [-0.2, -0.15) is 0 Å². The lowest BCUT2D eigenvalue weighted by Crippen LogP contribution is -2.28. The van der Waals surface area contributed by atoms with Gasteiger partial charge in [-0.15, -0.1) is 0 Å². The highest BCUT2D eigenvalue weighted by atomic mass is 35.5. The normalized spacial score (nSPS) is 14.1. The van der Waals surface area contributed by atoms with Gasteiger partial charge < -0.3 is 14.6 Å². The summed E-state index contributed by atoms with van der Waals surface area (Å²) < 4.78 is 12.5. The second kappa shape index (κ2) is 14.9. The van der Waals surface area contributed by atoms with Gasteiger partial charge in [0.25, 0.3) is 0 Å². The van der Waals surface area contributed by atoms with Crippen molar-refractivity contribution >= 4 is 35.2 Å². The maximum Gasteiger partial charge on any atom is 0.347 e. The first-order valence-corrected chi connectivity index (χ1v) is 15.1. The molecule has 1 aromatic carbocycles. The highest BCUT2D eigenvalue weighted by molar-refractivity contribution is 6.33. The second-order valence-corrected chi connectivity index (χ2v) is 11.4. The van der Waals surface area contributed by atoms with Crippen LogP contribution in [-0.2, 0) is 19.1 Å². The lowest BCUT2D eigenvalue weighted by molar-refractivity contribution is -0.169. The lowest BCUT2D eigenvalue weighted by Gasteiger charge is -2.18. The predicted molar refractivity (Wildman–Crippen MR) is 173 cm³/mol. The molecule has 1 aliphatic heterocycles. The Morgan fingerprint density at radius 2 is 1.76 bits per heavy atom. The molecule has 11 nitrogen and oxygen atoms in total. The fourth-order valence-electron chi connectivity index (χ4n) is 4.96. The zero-order chi connectivity index (χ0) is 33.5. The van der Waals surface area contributed by atoms with Crippen LogP contribution < -0.4 is 0 Å². The van der Waals surface area contributed by atoms with Crippen LogP contribution in [-0.4, -0.2) is 60.5 Å². The number of carboxylic acid groups (broad SMARTS) is 1. The summed E-state index contributed by atoms with van der Waals surface area (Å²) in [6, 6.07) is 10.3. The monoisotopic (exact) mass is 645 g/mol. The minimum atomic E-state index is -0.988. The molecule has 0 saturated carbocycles. The van der Waals surface area contributed by atoms with E-state index in [-0.39, 0.29) is 18.1 Å². The van der Waals surface area contributed by atoms with E-state index in [1.807, 2.05) is 45.0 Å². The van der Waals surface area contributed by atoms with E-state index in [4.69, 9.17) is 31.2 Å². The van der Waals surface area contributed by atoms with E-state index < -0.39 is 30.1 Å². The third-order valence-electron chi connectivity index (χ3n) is 7.12. The number of aromatic nitrogens is 4. The number of pyridine rings is 2. The van der Waals surface area contributed by atoms with Crippen molar-refractivity contribution < 1.29 is 29.0 Å². The molecule has 12 heteroatoms. The Labute approximate surface area is 272 Å². The molecule has 240 valence electrons. The Hall–Kier alpha value is -4.90. The van der Waals surface area contributed by atoms with Crippen LogP contribution in [0.1, 0.15) is 83.9 Å². The van der Waals surface area contributed by atoms with Crippen molar-refractivity contribution in [3.8, 4) is 5.69 Å². The maximum absolute atomic E-state index is 12.7. The number of fused-ring (bicyclic) bond motifs is 3. The molecule has 0 amide bonds. The fourth-order valence-corrected chi connectivity index (χ4v) is 5.11. The number of carbonyl (C=O) groups excluding carboxylic acids is 2. The molecule has 1 N–H and O–H groups in total. The standard InChI is InChI=1S/C28H31ClN4O4.C6H5NO2/c1-15(2)36-28(35)19(6)37-23(34)11-10-21-27-31-14-17(4)33(27)22-13-16(3)25(29)18(5)24(22)26(32-21)20-9-7-8-12-30-20;8-6(9)5-2-1-3-7-4-5/h7-9,12-15,19,21H,10-11H2,1-6H3;1-4H,(H,8,9)/t19?,21-;/m0./s1. The van der Waals surface area contributed by atoms with Gasteiger partial charge in [0.1, 0.15) is 11.9 Å². The first-order chi connectivity index (χ1) is 21.9. The molecular weight excluding hydrogens is 610 g/mol. The maximum atomic E-state index is 12.7. The number of esters is 2. The summed E-state index contributed by atoms with van der Waals surface area (Å²) >= 11 is 6.71. The summed E-state index contributed by atoms with van der Waals surface area (Å²) in [6.45, 7) is 10.9. The number of carboxylic acids is 1. The third-order valence-corrected chi connectivity index (χ3v) is 7.70. The van der Waals surface area contributed by atoms with Gasteiger partial charge >= 0.3 is 17.9 Å². The van der Waals surface area contributed by atoms with Crippen molar-refractivity contribution in [2.75, 3.05) is 0 Å². The van der Waals surface area contributed by atoms with E-state index in [9.17, 15) is 14.4 Å². The van der Waals surface area contributed by atoms with Crippen LogP contribution in [0.25, 0.3) is 5.69 Å². The lowest BCUT2D eigenvalue weighted by atomic mass is 9.96. The number of halogens is 1. The van der Waals surface area contributed by atoms with Crippen LogP contribution >= 0.6 is 11.6 Å². The van der Waals surface area contributed by atoms with Crippen LogP contribution in [0, 0.1) is 20.8 Å². The smallest absolute Gasteiger partial charge is 0.347 e. The topological polar surface area (TPSA) is 146 Å². The van der Waals surface area contributed by atoms with E-state index in [1.54, 1.807) is 32.3 Å². The highest BCUT2D eigenvalue weighted by Gasteiger charge is 2.31. The molecule has 4 aromatic rings. The SMILES string of the molecule is Cc1cc2c(c(C)c1Cl)C(c1ccccn1)=N[C@@H](CCC(=O)OC(C)C(=O)OC(C)C)c1ncc(C)n1-2.O=C(O)c1cccnc1. The zero-order valence-corrected chi connectivity index (χ0v) is 27.3. The average Bonchev–Trinajstić information content (AvgIpc) is 3.35. The number of aliphatic imine (C=N–C) groups is 1. The molecule has 0 fully saturated rings. The Morgan fingerprint density at radius 1 is 1.00 bits per heavy atom. The first-order valence-electron chi connectivity index (χ1n) is 14.8. The van der Waals surface area contributed by atoms with E-state index >= 15 is 0 Å². The number of hydrogen-bond donors (Lipinski definition) is 1. The number of carbonyl (C=O) groups is 3. The van der Waals surface area contributed by atoms with Gasteiger partial charge in [-0.1, -0.05) is 17.7 Å². The van der Waals surface area contributed by atoms with Crippen molar-refractivity contribution in [3.05, 3.63) is 106 Å². The molecule has 1 unspecified atom stereocenters. The second-order valence-electron chi connectivity index (χ2n) is 11.0. The highest BCUT2D eigenvalue weighted by Crippen LogP contribution is 2.38. The number of imidazole rings is 1. The van der Waals surface area contributed by atoms with Gasteiger partial charge in [-0.3, -0.25) is 24.3 Å². The van der Waals surface area contributed by atoms with E-state index in [2.05, 4.69) is 19.5 Å². The number of aromatic carboxylic acids is 1. The van der Waals surface area contributed by atoms with Gasteiger partial charge in [0, 0.05) is 47.5 Å². The van der Waals surface area contributed by atoms with Gasteiger partial charge in [-0.25, -0.2) is 14.6 Å². The Bertz CT molecular complexity index is 1750. The number of nitrogens with zero attached hydrogens (tertiary/aromatic N) is 5. The quantitative estimate of drug-likeness (QED) is 0.222. The van der Waals surface area contributed by atoms with Gasteiger partial charge in [0.05, 0.1) is 28.8 Å². The Kier molecular flexibility index (Phi) is 11.0. The minimum absolute atomic E-state index is 0.0456.